The zero-order chi connectivity index (χ0) is 19.4. The van der Waals surface area contributed by atoms with Crippen molar-refractivity contribution in [3.8, 4) is 17.0 Å². The highest BCUT2D eigenvalue weighted by atomic mass is 32.1. The molecule has 0 saturated heterocycles. The second kappa shape index (κ2) is 8.35. The van der Waals surface area contributed by atoms with Crippen LogP contribution in [0.5, 0.6) is 5.75 Å². The highest BCUT2D eigenvalue weighted by Crippen LogP contribution is 2.30. The first-order valence-corrected chi connectivity index (χ1v) is 9.81. The van der Waals surface area contributed by atoms with Crippen molar-refractivity contribution in [1.29, 1.82) is 0 Å². The Labute approximate surface area is 164 Å². The maximum absolute atomic E-state index is 12.2. The van der Waals surface area contributed by atoms with Crippen molar-refractivity contribution in [2.24, 2.45) is 0 Å². The number of nitrogens with one attached hydrogen (secondary N) is 1. The monoisotopic (exact) mass is 380 g/mol. The highest BCUT2D eigenvalue weighted by molar-refractivity contribution is 7.16. The van der Waals surface area contributed by atoms with Gasteiger partial charge in [-0.05, 0) is 37.5 Å². The predicted octanol–water partition coefficient (Wildman–Crippen LogP) is 5.57. The molecule has 0 unspecified atom stereocenters. The molecule has 2 aromatic carbocycles. The number of aromatic nitrogens is 1. The summed E-state index contributed by atoms with van der Waals surface area (Å²) in [5.74, 6) is 0.905. The fourth-order valence-electron chi connectivity index (χ4n) is 2.70. The average molecular weight is 381 g/mol. The number of carbonyl (C=O) groups excluding carboxylic acids is 1. The van der Waals surface area contributed by atoms with Gasteiger partial charge in [0, 0.05) is 10.4 Å². The van der Waals surface area contributed by atoms with E-state index < -0.39 is 0 Å². The molecule has 0 saturated carbocycles. The molecule has 4 nitrogen and oxygen atoms in total. The Morgan fingerprint density at radius 2 is 1.89 bits per heavy atom. The summed E-state index contributed by atoms with van der Waals surface area (Å²) < 4.78 is 5.63. The molecule has 0 spiro atoms. The standard InChI is InChI=1S/C22H24N2O2S/c1-14(2)18-6-5-7-19(12-18)26-13-20(25)23-22-24-21(16(4)27-22)17-10-8-15(3)9-11-17/h5-12,14H,13H2,1-4H3,(H,23,24,25). The van der Waals surface area contributed by atoms with Crippen LogP contribution in [0.15, 0.2) is 48.5 Å². The van der Waals surface area contributed by atoms with Crippen LogP contribution in [0, 0.1) is 13.8 Å². The number of amides is 1. The van der Waals surface area contributed by atoms with Crippen molar-refractivity contribution >= 4 is 22.4 Å². The van der Waals surface area contributed by atoms with Crippen molar-refractivity contribution in [2.75, 3.05) is 11.9 Å². The van der Waals surface area contributed by atoms with Crippen LogP contribution >= 0.6 is 11.3 Å². The van der Waals surface area contributed by atoms with Gasteiger partial charge in [0.1, 0.15) is 5.75 Å². The summed E-state index contributed by atoms with van der Waals surface area (Å²) in [5.41, 5.74) is 4.35. The Balaban J connectivity index is 1.62. The molecule has 0 atom stereocenters. The Morgan fingerprint density at radius 1 is 1.15 bits per heavy atom. The lowest BCUT2D eigenvalue weighted by Gasteiger charge is -2.09. The Bertz CT molecular complexity index is 930. The van der Waals surface area contributed by atoms with E-state index in [1.54, 1.807) is 0 Å². The largest absolute Gasteiger partial charge is 0.484 e. The van der Waals surface area contributed by atoms with Gasteiger partial charge in [0.15, 0.2) is 11.7 Å². The van der Waals surface area contributed by atoms with Crippen molar-refractivity contribution in [3.05, 3.63) is 64.5 Å². The SMILES string of the molecule is Cc1ccc(-c2nc(NC(=O)COc3cccc(C(C)C)c3)sc2C)cc1. The number of hydrogen-bond donors (Lipinski definition) is 1. The van der Waals surface area contributed by atoms with Crippen molar-refractivity contribution in [3.63, 3.8) is 0 Å². The lowest BCUT2D eigenvalue weighted by molar-refractivity contribution is -0.118. The number of ether oxygens (including phenoxy) is 1. The zero-order valence-corrected chi connectivity index (χ0v) is 16.9. The van der Waals surface area contributed by atoms with E-state index in [0.29, 0.717) is 16.8 Å². The van der Waals surface area contributed by atoms with Crippen LogP contribution in [-0.4, -0.2) is 17.5 Å². The first-order chi connectivity index (χ1) is 12.9. The third-order valence-corrected chi connectivity index (χ3v) is 5.15. The van der Waals surface area contributed by atoms with Gasteiger partial charge in [-0.1, -0.05) is 55.8 Å². The van der Waals surface area contributed by atoms with E-state index in [4.69, 9.17) is 4.74 Å². The van der Waals surface area contributed by atoms with E-state index in [1.165, 1.54) is 22.5 Å². The van der Waals surface area contributed by atoms with Gasteiger partial charge in [0.25, 0.3) is 5.91 Å². The fraction of sp³-hybridized carbons (Fsp3) is 0.273. The number of thiazole rings is 1. The number of hydrogen-bond acceptors (Lipinski definition) is 4. The van der Waals surface area contributed by atoms with Crippen LogP contribution in [0.2, 0.25) is 0 Å². The summed E-state index contributed by atoms with van der Waals surface area (Å²) in [6.07, 6.45) is 0. The molecule has 27 heavy (non-hydrogen) atoms. The number of rotatable bonds is 6. The average Bonchev–Trinajstić information content (AvgIpc) is 3.01. The Kier molecular flexibility index (Phi) is 5.91. The summed E-state index contributed by atoms with van der Waals surface area (Å²) >= 11 is 1.47. The van der Waals surface area contributed by atoms with E-state index >= 15 is 0 Å². The molecule has 1 heterocycles. The highest BCUT2D eigenvalue weighted by Gasteiger charge is 2.12. The van der Waals surface area contributed by atoms with Gasteiger partial charge < -0.3 is 4.74 Å². The normalized spacial score (nSPS) is 10.9. The summed E-state index contributed by atoms with van der Waals surface area (Å²) in [6.45, 7) is 8.28. The molecule has 0 aliphatic heterocycles. The minimum Gasteiger partial charge on any atom is -0.484 e. The minimum atomic E-state index is -0.214. The first-order valence-electron chi connectivity index (χ1n) is 8.99. The van der Waals surface area contributed by atoms with Gasteiger partial charge in [-0.3, -0.25) is 10.1 Å². The molecule has 0 bridgehead atoms. The molecule has 3 aromatic rings. The lowest BCUT2D eigenvalue weighted by Crippen LogP contribution is -2.20. The van der Waals surface area contributed by atoms with E-state index in [2.05, 4.69) is 49.3 Å². The number of carbonyl (C=O) groups is 1. The van der Waals surface area contributed by atoms with Crippen LogP contribution < -0.4 is 10.1 Å². The van der Waals surface area contributed by atoms with E-state index in [9.17, 15) is 4.79 Å². The molecule has 0 aliphatic rings. The molecule has 3 rings (SSSR count). The summed E-state index contributed by atoms with van der Waals surface area (Å²) in [7, 11) is 0. The summed E-state index contributed by atoms with van der Waals surface area (Å²) in [4.78, 5) is 17.9. The van der Waals surface area contributed by atoms with Crippen LogP contribution in [-0.2, 0) is 4.79 Å². The van der Waals surface area contributed by atoms with E-state index in [0.717, 1.165) is 16.1 Å². The van der Waals surface area contributed by atoms with Crippen molar-refractivity contribution in [2.45, 2.75) is 33.6 Å². The second-order valence-electron chi connectivity index (χ2n) is 6.85. The zero-order valence-electron chi connectivity index (χ0n) is 16.1. The number of aryl methyl sites for hydroxylation is 2. The third-order valence-electron chi connectivity index (χ3n) is 4.26. The van der Waals surface area contributed by atoms with E-state index in [-0.39, 0.29) is 12.5 Å². The molecule has 1 aromatic heterocycles. The van der Waals surface area contributed by atoms with Crippen LogP contribution in [0.4, 0.5) is 5.13 Å². The molecular formula is C22H24N2O2S. The van der Waals surface area contributed by atoms with Gasteiger partial charge in [-0.2, -0.15) is 0 Å². The van der Waals surface area contributed by atoms with Gasteiger partial charge in [-0.25, -0.2) is 4.98 Å². The molecule has 1 N–H and O–H groups in total. The lowest BCUT2D eigenvalue weighted by atomic mass is 10.0. The van der Waals surface area contributed by atoms with Crippen LogP contribution in [0.25, 0.3) is 11.3 Å². The molecule has 0 fully saturated rings. The predicted molar refractivity (Wildman–Crippen MR) is 112 cm³/mol. The Hall–Kier alpha value is -2.66. The first kappa shape index (κ1) is 19.1. The van der Waals surface area contributed by atoms with Crippen molar-refractivity contribution in [1.82, 2.24) is 4.98 Å². The molecule has 1 amide bonds. The second-order valence-corrected chi connectivity index (χ2v) is 8.06. The van der Waals surface area contributed by atoms with E-state index in [1.807, 2.05) is 37.3 Å². The Morgan fingerprint density at radius 3 is 2.59 bits per heavy atom. The summed E-state index contributed by atoms with van der Waals surface area (Å²) in [6, 6.07) is 16.1. The minimum absolute atomic E-state index is 0.0416. The van der Waals surface area contributed by atoms with Crippen LogP contribution in [0.1, 0.15) is 35.8 Å². The third kappa shape index (κ3) is 4.95. The van der Waals surface area contributed by atoms with Gasteiger partial charge >= 0.3 is 0 Å². The molecule has 0 radical (unpaired) electrons. The number of benzene rings is 2. The molecule has 140 valence electrons. The molecule has 0 aliphatic carbocycles. The summed E-state index contributed by atoms with van der Waals surface area (Å²) in [5, 5.41) is 3.43. The van der Waals surface area contributed by atoms with Gasteiger partial charge in [-0.15, -0.1) is 11.3 Å². The van der Waals surface area contributed by atoms with Gasteiger partial charge in [0.2, 0.25) is 0 Å². The maximum atomic E-state index is 12.2. The quantitative estimate of drug-likeness (QED) is 0.608. The number of nitrogens with zero attached hydrogens (tertiary/aromatic N) is 1. The number of anilines is 1. The van der Waals surface area contributed by atoms with Crippen LogP contribution in [0.3, 0.4) is 0 Å². The maximum Gasteiger partial charge on any atom is 0.264 e. The smallest absolute Gasteiger partial charge is 0.264 e. The van der Waals surface area contributed by atoms with Crippen molar-refractivity contribution < 1.29 is 9.53 Å². The van der Waals surface area contributed by atoms with Gasteiger partial charge in [0.05, 0.1) is 5.69 Å². The topological polar surface area (TPSA) is 51.2 Å². The molecular weight excluding hydrogens is 356 g/mol. The molecule has 5 heteroatoms. The fourth-order valence-corrected chi connectivity index (χ4v) is 3.55.